The Morgan fingerprint density at radius 3 is 2.88 bits per heavy atom. The van der Waals surface area contributed by atoms with Crippen LogP contribution in [0.4, 0.5) is 11.4 Å². The van der Waals surface area contributed by atoms with E-state index in [1.54, 1.807) is 36.9 Å². The highest BCUT2D eigenvalue weighted by Crippen LogP contribution is 2.29. The molecule has 7 heteroatoms. The lowest BCUT2D eigenvalue weighted by atomic mass is 9.82. The summed E-state index contributed by atoms with van der Waals surface area (Å²) in [5, 5.41) is 9.80. The Bertz CT molecular complexity index is 728. The molecule has 2 unspecified atom stereocenters. The van der Waals surface area contributed by atoms with Crippen LogP contribution in [0, 0.1) is 11.8 Å². The molecule has 2 aromatic rings. The fraction of sp³-hybridized carbons (Fsp3) is 0.444. The van der Waals surface area contributed by atoms with Gasteiger partial charge in [-0.2, -0.15) is 5.10 Å². The van der Waals surface area contributed by atoms with E-state index in [0.29, 0.717) is 17.3 Å². The topological polar surface area (TPSA) is 88.9 Å². The summed E-state index contributed by atoms with van der Waals surface area (Å²) in [5.41, 5.74) is 1.26. The predicted octanol–water partition coefficient (Wildman–Crippen LogP) is 2.68. The zero-order valence-corrected chi connectivity index (χ0v) is 14.3. The maximum absolute atomic E-state index is 12.4. The third-order valence-corrected chi connectivity index (χ3v) is 4.46. The second kappa shape index (κ2) is 7.92. The number of amides is 2. The maximum atomic E-state index is 12.4. The van der Waals surface area contributed by atoms with Crippen LogP contribution in [-0.2, 0) is 16.1 Å². The third-order valence-electron chi connectivity index (χ3n) is 4.46. The number of hydrogen-bond donors (Lipinski definition) is 2. The van der Waals surface area contributed by atoms with Crippen LogP contribution >= 0.6 is 0 Å². The van der Waals surface area contributed by atoms with Gasteiger partial charge in [0.15, 0.2) is 0 Å². The van der Waals surface area contributed by atoms with Crippen LogP contribution < -0.4 is 10.6 Å². The van der Waals surface area contributed by atoms with E-state index >= 15 is 0 Å². The molecule has 25 heavy (non-hydrogen) atoms. The largest absolute Gasteiger partial charge is 0.323 e. The zero-order chi connectivity index (χ0) is 17.6. The molecule has 2 heterocycles. The van der Waals surface area contributed by atoms with Crippen molar-refractivity contribution in [3.63, 3.8) is 0 Å². The molecule has 0 spiro atoms. The van der Waals surface area contributed by atoms with Crippen LogP contribution in [0.1, 0.15) is 32.6 Å². The average molecular weight is 341 g/mol. The predicted molar refractivity (Wildman–Crippen MR) is 94.8 cm³/mol. The minimum Gasteiger partial charge on any atom is -0.323 e. The number of carbonyl (C=O) groups is 2. The number of anilines is 2. The molecule has 1 fully saturated rings. The van der Waals surface area contributed by atoms with Gasteiger partial charge in [0, 0.05) is 18.3 Å². The Kier molecular flexibility index (Phi) is 5.42. The van der Waals surface area contributed by atoms with Crippen molar-refractivity contribution in [3.8, 4) is 0 Å². The van der Waals surface area contributed by atoms with E-state index in [2.05, 4.69) is 27.6 Å². The maximum Gasteiger partial charge on any atom is 0.246 e. The summed E-state index contributed by atoms with van der Waals surface area (Å²) < 4.78 is 1.50. The molecule has 3 rings (SSSR count). The van der Waals surface area contributed by atoms with Gasteiger partial charge in [-0.15, -0.1) is 0 Å². The smallest absolute Gasteiger partial charge is 0.246 e. The molecule has 0 saturated heterocycles. The highest BCUT2D eigenvalue weighted by Gasteiger charge is 2.25. The summed E-state index contributed by atoms with van der Waals surface area (Å²) in [7, 11) is 0. The molecule has 1 saturated carbocycles. The summed E-state index contributed by atoms with van der Waals surface area (Å²) in [6.45, 7) is 2.27. The molecule has 132 valence electrons. The zero-order valence-electron chi connectivity index (χ0n) is 14.3. The fourth-order valence-electron chi connectivity index (χ4n) is 3.22. The molecule has 0 radical (unpaired) electrons. The molecule has 1 aliphatic rings. The monoisotopic (exact) mass is 341 g/mol. The number of rotatable bonds is 5. The summed E-state index contributed by atoms with van der Waals surface area (Å²) >= 11 is 0. The summed E-state index contributed by atoms with van der Waals surface area (Å²) in [5.74, 6) is 0.519. The minimum atomic E-state index is -0.199. The summed E-state index contributed by atoms with van der Waals surface area (Å²) in [6, 6.07) is 3.52. The molecule has 1 aliphatic carbocycles. The number of pyridine rings is 1. The Morgan fingerprint density at radius 1 is 1.24 bits per heavy atom. The van der Waals surface area contributed by atoms with E-state index in [1.807, 2.05) is 0 Å². The van der Waals surface area contributed by atoms with E-state index in [1.165, 1.54) is 11.1 Å². The van der Waals surface area contributed by atoms with E-state index < -0.39 is 0 Å². The minimum absolute atomic E-state index is 0.0471. The number of carbonyl (C=O) groups excluding carboxylic acids is 2. The van der Waals surface area contributed by atoms with Crippen LogP contribution in [0.3, 0.4) is 0 Å². The van der Waals surface area contributed by atoms with Crippen molar-refractivity contribution in [2.45, 2.75) is 39.2 Å². The Hall–Kier alpha value is -2.70. The van der Waals surface area contributed by atoms with E-state index in [9.17, 15) is 9.59 Å². The SMILES string of the molecule is CC1CCCC(C(=O)Nc2cnn(CC(=O)Nc3cccnc3)c2)C1. The van der Waals surface area contributed by atoms with Gasteiger partial charge >= 0.3 is 0 Å². The van der Waals surface area contributed by atoms with Crippen molar-refractivity contribution in [1.82, 2.24) is 14.8 Å². The lowest BCUT2D eigenvalue weighted by Gasteiger charge is -2.25. The van der Waals surface area contributed by atoms with Crippen LogP contribution in [0.2, 0.25) is 0 Å². The highest BCUT2D eigenvalue weighted by molar-refractivity contribution is 5.92. The standard InChI is InChI=1S/C18H23N5O2/c1-13-4-2-5-14(8-13)18(25)22-16-10-20-23(11-16)12-17(24)21-15-6-3-7-19-9-15/h3,6-7,9-11,13-14H,2,4-5,8,12H2,1H3,(H,21,24)(H,22,25). The van der Waals surface area contributed by atoms with Crippen molar-refractivity contribution in [2.24, 2.45) is 11.8 Å². The van der Waals surface area contributed by atoms with Gasteiger partial charge in [-0.1, -0.05) is 19.8 Å². The molecule has 2 N–H and O–H groups in total. The number of aromatic nitrogens is 3. The first kappa shape index (κ1) is 17.1. The van der Waals surface area contributed by atoms with Gasteiger partial charge in [-0.05, 0) is 30.9 Å². The van der Waals surface area contributed by atoms with Crippen molar-refractivity contribution >= 4 is 23.2 Å². The first-order chi connectivity index (χ1) is 12.1. The van der Waals surface area contributed by atoms with Crippen LogP contribution in [0.25, 0.3) is 0 Å². The molecule has 2 aromatic heterocycles. The number of hydrogen-bond acceptors (Lipinski definition) is 4. The van der Waals surface area contributed by atoms with E-state index in [-0.39, 0.29) is 24.3 Å². The van der Waals surface area contributed by atoms with Crippen LogP contribution in [0.5, 0.6) is 0 Å². The summed E-state index contributed by atoms with van der Waals surface area (Å²) in [4.78, 5) is 28.3. The highest BCUT2D eigenvalue weighted by atomic mass is 16.2. The molecule has 2 amide bonds. The van der Waals surface area contributed by atoms with E-state index in [0.717, 1.165) is 19.3 Å². The average Bonchev–Trinajstić information content (AvgIpc) is 3.02. The quantitative estimate of drug-likeness (QED) is 0.875. The Labute approximate surface area is 146 Å². The molecule has 0 aromatic carbocycles. The van der Waals surface area contributed by atoms with E-state index in [4.69, 9.17) is 0 Å². The third kappa shape index (κ3) is 4.89. The second-order valence-electron chi connectivity index (χ2n) is 6.67. The first-order valence-corrected chi connectivity index (χ1v) is 8.63. The van der Waals surface area contributed by atoms with Crippen LogP contribution in [0.15, 0.2) is 36.9 Å². The van der Waals surface area contributed by atoms with Gasteiger partial charge in [0.2, 0.25) is 11.8 Å². The van der Waals surface area contributed by atoms with Gasteiger partial charge in [0.1, 0.15) is 6.54 Å². The van der Waals surface area contributed by atoms with Crippen molar-refractivity contribution in [3.05, 3.63) is 36.9 Å². The fourth-order valence-corrected chi connectivity index (χ4v) is 3.22. The van der Waals surface area contributed by atoms with Crippen molar-refractivity contribution < 1.29 is 9.59 Å². The first-order valence-electron chi connectivity index (χ1n) is 8.63. The lowest BCUT2D eigenvalue weighted by Crippen LogP contribution is -2.27. The van der Waals surface area contributed by atoms with Crippen molar-refractivity contribution in [1.29, 1.82) is 0 Å². The normalized spacial score (nSPS) is 20.0. The van der Waals surface area contributed by atoms with Gasteiger partial charge in [-0.25, -0.2) is 0 Å². The molecule has 0 aliphatic heterocycles. The van der Waals surface area contributed by atoms with Gasteiger partial charge in [0.05, 0.1) is 23.8 Å². The number of nitrogens with one attached hydrogen (secondary N) is 2. The Morgan fingerprint density at radius 2 is 2.12 bits per heavy atom. The molecular formula is C18H23N5O2. The van der Waals surface area contributed by atoms with Crippen LogP contribution in [-0.4, -0.2) is 26.6 Å². The van der Waals surface area contributed by atoms with Gasteiger partial charge in [-0.3, -0.25) is 19.3 Å². The Balaban J connectivity index is 1.51. The van der Waals surface area contributed by atoms with Crippen molar-refractivity contribution in [2.75, 3.05) is 10.6 Å². The second-order valence-corrected chi connectivity index (χ2v) is 6.67. The molecule has 7 nitrogen and oxygen atoms in total. The molecular weight excluding hydrogens is 318 g/mol. The number of nitrogens with zero attached hydrogens (tertiary/aromatic N) is 3. The summed E-state index contributed by atoms with van der Waals surface area (Å²) in [6.07, 6.45) is 10.7. The van der Waals surface area contributed by atoms with Gasteiger partial charge in [0.25, 0.3) is 0 Å². The molecule has 2 atom stereocenters. The molecule has 0 bridgehead atoms. The lowest BCUT2D eigenvalue weighted by molar-refractivity contribution is -0.121. The van der Waals surface area contributed by atoms with Gasteiger partial charge < -0.3 is 10.6 Å².